The molecule has 714 valence electrons. The number of halogens is 15. The molecule has 0 spiro atoms. The molecule has 27 nitrogen and oxygen atoms in total. The fourth-order valence-electron chi connectivity index (χ4n) is 17.4. The zero-order valence-corrected chi connectivity index (χ0v) is 84.5. The van der Waals surface area contributed by atoms with Crippen LogP contribution < -0.4 is 31.4 Å². The van der Waals surface area contributed by atoms with Crippen LogP contribution in [0.1, 0.15) is 131 Å². The van der Waals surface area contributed by atoms with Crippen LogP contribution in [0.25, 0.3) is 83.9 Å². The van der Waals surface area contributed by atoms with E-state index in [9.17, 15) is 59.9 Å². The maximum absolute atomic E-state index is 15.6. The number of fused-ring (bicyclic) bond motifs is 3. The van der Waals surface area contributed by atoms with Gasteiger partial charge in [-0.3, -0.25) is 57.4 Å². The lowest BCUT2D eigenvalue weighted by atomic mass is 10.0. The van der Waals surface area contributed by atoms with Crippen molar-refractivity contribution >= 4 is 207 Å². The minimum atomic E-state index is -1.21. The normalized spacial score (nSPS) is 15.0. The third-order valence-corrected chi connectivity index (χ3v) is 28.5. The number of phenols is 3. The standard InChI is InChI=1S/3C32H27Cl4FN6O3/c2*1-6-20(44)42-10-9-41(13-16(42)5)29-17-11-19(33)27(21-22(34)23(35)24(36)30(45)25(21)37)40-31(17)43(32(46)18(29)12-38)28-15(4)7-8-39-26(28)14(2)3;1-6-20(44)42-10-9-41(13-16(42)5)29-17-11-19(33)27(21-22(34)25(37)24(36)30(45)23(21)35)40-31(17)43(32(46)18(29)12-38)28-15(4)7-8-39-26(28)14(2)3/h3*6-8,11,14,16,45H,1,9-10,13H2,2-5H3/t3*16-/m111/s1. The second kappa shape index (κ2) is 41.4. The average molecular weight is 2110 g/mol. The Morgan fingerprint density at radius 1 is 0.399 bits per heavy atom. The van der Waals surface area contributed by atoms with Gasteiger partial charge in [-0.15, -0.1) is 0 Å². The number of hydrogen-bond donors (Lipinski definition) is 3. The van der Waals surface area contributed by atoms with Gasteiger partial charge in [0.25, 0.3) is 16.7 Å². The molecular weight excluding hydrogens is 2030 g/mol. The highest BCUT2D eigenvalue weighted by Crippen LogP contribution is 2.53. The fourth-order valence-corrected chi connectivity index (χ4v) is 20.4. The Morgan fingerprint density at radius 2 is 0.674 bits per heavy atom. The van der Waals surface area contributed by atoms with E-state index in [4.69, 9.17) is 154 Å². The van der Waals surface area contributed by atoms with Crippen LogP contribution in [-0.4, -0.2) is 168 Å². The number of phenolic OH excluding ortho intramolecular Hbond substituents is 3. The smallest absolute Gasteiger partial charge is 0.276 e. The van der Waals surface area contributed by atoms with E-state index in [2.05, 4.69) is 52.9 Å². The minimum absolute atomic E-state index is 0.0229. The van der Waals surface area contributed by atoms with E-state index in [1.807, 2.05) is 77.0 Å². The molecule has 42 heteroatoms. The van der Waals surface area contributed by atoms with Crippen molar-refractivity contribution in [2.45, 2.75) is 119 Å². The van der Waals surface area contributed by atoms with Crippen LogP contribution in [-0.2, 0) is 14.4 Å². The zero-order valence-electron chi connectivity index (χ0n) is 75.4. The van der Waals surface area contributed by atoms with Gasteiger partial charge in [0, 0.05) is 117 Å². The molecule has 12 heterocycles. The first-order chi connectivity index (χ1) is 65.2. The molecule has 3 amide bonds. The summed E-state index contributed by atoms with van der Waals surface area (Å²) in [6.07, 6.45) is 8.59. The molecule has 0 radical (unpaired) electrons. The topological polar surface area (TPSA) is 346 Å². The van der Waals surface area contributed by atoms with Gasteiger partial charge in [0.1, 0.15) is 66.9 Å². The molecule has 3 N–H and O–H groups in total. The molecule has 3 aliphatic rings. The van der Waals surface area contributed by atoms with Crippen LogP contribution in [0.3, 0.4) is 0 Å². The number of carbonyl (C=O) groups excluding carboxylic acids is 3. The van der Waals surface area contributed by atoms with E-state index in [1.54, 1.807) is 72.3 Å². The molecule has 3 fully saturated rings. The maximum atomic E-state index is 15.6. The van der Waals surface area contributed by atoms with Crippen molar-refractivity contribution in [1.29, 1.82) is 15.8 Å². The average Bonchev–Trinajstić information content (AvgIpc) is 0.726. The Labute approximate surface area is 848 Å². The van der Waals surface area contributed by atoms with Gasteiger partial charge in [-0.2, -0.15) is 15.8 Å². The van der Waals surface area contributed by atoms with E-state index in [-0.39, 0.29) is 201 Å². The van der Waals surface area contributed by atoms with Crippen LogP contribution in [0.5, 0.6) is 17.2 Å². The van der Waals surface area contributed by atoms with Gasteiger partial charge >= 0.3 is 0 Å². The number of anilines is 3. The van der Waals surface area contributed by atoms with E-state index >= 15 is 13.2 Å². The van der Waals surface area contributed by atoms with Crippen LogP contribution in [0.15, 0.2) is 107 Å². The summed E-state index contributed by atoms with van der Waals surface area (Å²) in [6.45, 7) is 35.7. The molecule has 15 rings (SSSR count). The predicted octanol–water partition coefficient (Wildman–Crippen LogP) is 22.3. The number of aryl methyl sites for hydroxylation is 3. The number of carbonyl (C=O) groups is 3. The monoisotopic (exact) mass is 2110 g/mol. The Hall–Kier alpha value is -11.6. The summed E-state index contributed by atoms with van der Waals surface area (Å²) in [5, 5.41) is 59.4. The number of aromatic hydroxyl groups is 3. The third kappa shape index (κ3) is 18.3. The second-order valence-corrected chi connectivity index (χ2v) is 38.2. The number of amides is 3. The fraction of sp³-hybridized carbons (Fsp3) is 0.281. The first-order valence-corrected chi connectivity index (χ1v) is 46.9. The summed E-state index contributed by atoms with van der Waals surface area (Å²) >= 11 is 76.4. The molecule has 138 heavy (non-hydrogen) atoms. The summed E-state index contributed by atoms with van der Waals surface area (Å²) in [5.74, 6) is -7.38. The van der Waals surface area contributed by atoms with Gasteiger partial charge in [-0.05, 0) is 131 Å². The zero-order chi connectivity index (χ0) is 101. The van der Waals surface area contributed by atoms with Crippen LogP contribution in [0.4, 0.5) is 30.2 Å². The van der Waals surface area contributed by atoms with Crippen molar-refractivity contribution in [3.05, 3.63) is 252 Å². The van der Waals surface area contributed by atoms with E-state index in [0.29, 0.717) is 86.6 Å². The summed E-state index contributed by atoms with van der Waals surface area (Å²) in [5.41, 5.74) is 1.51. The lowest BCUT2D eigenvalue weighted by molar-refractivity contribution is -0.129. The molecular formula is C96H81Cl12F3N18O9. The Balaban J connectivity index is 0.000000175. The van der Waals surface area contributed by atoms with E-state index in [0.717, 1.165) is 0 Å². The summed E-state index contributed by atoms with van der Waals surface area (Å²) in [4.78, 5) is 119. The number of hydrogen-bond acceptors (Lipinski definition) is 21. The first-order valence-electron chi connectivity index (χ1n) is 42.4. The molecule has 0 unspecified atom stereocenters. The lowest BCUT2D eigenvalue weighted by Crippen LogP contribution is -2.54. The van der Waals surface area contributed by atoms with Gasteiger partial charge in [0.05, 0.1) is 125 Å². The number of rotatable bonds is 15. The van der Waals surface area contributed by atoms with Crippen molar-refractivity contribution in [1.82, 2.24) is 58.3 Å². The molecule has 0 saturated carbocycles. The summed E-state index contributed by atoms with van der Waals surface area (Å²) < 4.78 is 50.1. The molecule has 3 atom stereocenters. The lowest BCUT2D eigenvalue weighted by Gasteiger charge is -2.41. The minimum Gasteiger partial charge on any atom is -0.505 e. The summed E-state index contributed by atoms with van der Waals surface area (Å²) in [6, 6.07) is 15.0. The van der Waals surface area contributed by atoms with Crippen LogP contribution in [0.2, 0.25) is 60.3 Å². The van der Waals surface area contributed by atoms with Crippen LogP contribution in [0, 0.1) is 72.2 Å². The van der Waals surface area contributed by atoms with Gasteiger partial charge < -0.3 is 44.7 Å². The second-order valence-electron chi connectivity index (χ2n) is 33.6. The van der Waals surface area contributed by atoms with Crippen molar-refractivity contribution in [3.8, 4) is 86.3 Å². The molecule has 3 saturated heterocycles. The van der Waals surface area contributed by atoms with Crippen LogP contribution >= 0.6 is 139 Å². The third-order valence-electron chi connectivity index (χ3n) is 24.0. The maximum Gasteiger partial charge on any atom is 0.276 e. The highest BCUT2D eigenvalue weighted by Gasteiger charge is 2.40. The number of pyridine rings is 9. The molecule has 0 bridgehead atoms. The molecule has 9 aromatic heterocycles. The van der Waals surface area contributed by atoms with Crippen molar-refractivity contribution in [2.24, 2.45) is 0 Å². The van der Waals surface area contributed by atoms with Crippen molar-refractivity contribution in [3.63, 3.8) is 0 Å². The molecule has 0 aliphatic carbocycles. The van der Waals surface area contributed by atoms with Crippen molar-refractivity contribution in [2.75, 3.05) is 73.6 Å². The number of nitriles is 3. The van der Waals surface area contributed by atoms with Gasteiger partial charge in [-0.25, -0.2) is 28.1 Å². The predicted molar refractivity (Wildman–Crippen MR) is 538 cm³/mol. The highest BCUT2D eigenvalue weighted by molar-refractivity contribution is 6.51. The number of benzene rings is 3. The SMILES string of the molecule is C=CC(=O)N1CCN(c2c(C#N)c(=O)n(-c3c(C)ccnc3C(C)C)c3nc(-c4c(Cl)c(O)c(Cl)c(F)c4Cl)c(Cl)cc23)C[C@H]1C.C=CC(=O)N1CCN(c2c(C#N)c(=O)n(-c3c(C)ccnc3C(C)C)c3nc(-c4c(F)c(O)c(Cl)c(Cl)c4Cl)c(Cl)cc23)C[C@H]1C.C=CC(=O)N1CCN(c2c(C#N)c(=O)n(-c3c(C)ccnc3C(C)C)c3nc(-c4c(F)c(O)c(Cl)c(Cl)c4Cl)c(Cl)cc23)C[C@H]1C. The molecule has 12 aromatic rings. The summed E-state index contributed by atoms with van der Waals surface area (Å²) in [7, 11) is 0. The van der Waals surface area contributed by atoms with Gasteiger partial charge in [-0.1, -0.05) is 200 Å². The van der Waals surface area contributed by atoms with Gasteiger partial charge in [0.2, 0.25) is 17.7 Å². The molecule has 3 aromatic carbocycles. The van der Waals surface area contributed by atoms with Crippen molar-refractivity contribution < 1.29 is 42.9 Å². The van der Waals surface area contributed by atoms with E-state index in [1.165, 1.54) is 50.1 Å². The Morgan fingerprint density at radius 3 is 0.928 bits per heavy atom. The number of piperazine rings is 3. The number of nitrogens with zero attached hydrogens (tertiary/aromatic N) is 18. The first kappa shape index (κ1) is 104. The Bertz CT molecular complexity index is 6790. The van der Waals surface area contributed by atoms with Gasteiger partial charge in [0.15, 0.2) is 34.7 Å². The molecule has 3 aliphatic heterocycles. The highest BCUT2D eigenvalue weighted by atomic mass is 35.5. The Kier molecular flexibility index (Phi) is 31.1. The largest absolute Gasteiger partial charge is 0.505 e. The quantitative estimate of drug-likeness (QED) is 0.0487. The number of aromatic nitrogens is 9. The van der Waals surface area contributed by atoms with E-state index < -0.39 is 87.6 Å².